The Morgan fingerprint density at radius 3 is 2.53 bits per heavy atom. The summed E-state index contributed by atoms with van der Waals surface area (Å²) in [6.45, 7) is 3.34. The average Bonchev–Trinajstić information content (AvgIpc) is 3.00. The molecule has 1 aliphatic heterocycles. The van der Waals surface area contributed by atoms with E-state index in [0.29, 0.717) is 27.6 Å². The van der Waals surface area contributed by atoms with Crippen LogP contribution in [0.3, 0.4) is 0 Å². The lowest BCUT2D eigenvalue weighted by Gasteiger charge is -2.28. The first-order chi connectivity index (χ1) is 21.6. The molecule has 3 aromatic carbocycles. The SMILES string of the molecule is CCOC(=O)C1=C(C)NC(=O)N[C@@H]1c1ccc(OCC(=O)N/N=C/c2cc(Cl)cc(Cl)c2OCc2ccc(Br)cc2)c(OC)c1. The Morgan fingerprint density at radius 2 is 1.82 bits per heavy atom. The van der Waals surface area contributed by atoms with Crippen LogP contribution in [-0.2, 0) is 20.9 Å². The van der Waals surface area contributed by atoms with E-state index in [-0.39, 0.29) is 35.3 Å². The number of nitrogens with zero attached hydrogens (tertiary/aromatic N) is 1. The van der Waals surface area contributed by atoms with Gasteiger partial charge in [0, 0.05) is 20.8 Å². The second kappa shape index (κ2) is 15.6. The summed E-state index contributed by atoms with van der Waals surface area (Å²) in [5.41, 5.74) is 4.95. The predicted octanol–water partition coefficient (Wildman–Crippen LogP) is 6.06. The number of carbonyl (C=O) groups excluding carboxylic acids is 3. The van der Waals surface area contributed by atoms with Crippen LogP contribution >= 0.6 is 39.1 Å². The van der Waals surface area contributed by atoms with E-state index < -0.39 is 30.6 Å². The number of allylic oxidation sites excluding steroid dienone is 1. The number of methoxy groups -OCH3 is 1. The van der Waals surface area contributed by atoms with Crippen LogP contribution in [-0.4, -0.2) is 44.4 Å². The lowest BCUT2D eigenvalue weighted by molar-refractivity contribution is -0.139. The fourth-order valence-corrected chi connectivity index (χ4v) is 5.15. The number of hydrogen-bond acceptors (Lipinski definition) is 8. The van der Waals surface area contributed by atoms with Gasteiger partial charge in [-0.3, -0.25) is 4.79 Å². The molecule has 0 saturated carbocycles. The molecule has 1 atom stereocenters. The summed E-state index contributed by atoms with van der Waals surface area (Å²) in [5, 5.41) is 9.97. The Labute approximate surface area is 278 Å². The fourth-order valence-electron chi connectivity index (χ4n) is 4.32. The smallest absolute Gasteiger partial charge is 0.338 e. The van der Waals surface area contributed by atoms with Crippen molar-refractivity contribution in [1.29, 1.82) is 0 Å². The number of rotatable bonds is 12. The molecule has 1 heterocycles. The zero-order valence-electron chi connectivity index (χ0n) is 24.4. The quantitative estimate of drug-likeness (QED) is 0.118. The molecule has 1 aliphatic rings. The van der Waals surface area contributed by atoms with Crippen LogP contribution in [0.1, 0.15) is 36.6 Å². The molecule has 0 bridgehead atoms. The van der Waals surface area contributed by atoms with E-state index in [9.17, 15) is 14.4 Å². The number of benzene rings is 3. The van der Waals surface area contributed by atoms with Crippen LogP contribution in [0, 0.1) is 0 Å². The normalized spacial score (nSPS) is 14.4. The van der Waals surface area contributed by atoms with E-state index in [1.165, 1.54) is 13.3 Å². The first kappa shape index (κ1) is 33.6. The van der Waals surface area contributed by atoms with Crippen LogP contribution in [0.2, 0.25) is 10.0 Å². The Bertz CT molecular complexity index is 1650. The molecule has 0 aliphatic carbocycles. The lowest BCUT2D eigenvalue weighted by atomic mass is 9.95. The first-order valence-corrected chi connectivity index (χ1v) is 15.1. The van der Waals surface area contributed by atoms with Gasteiger partial charge >= 0.3 is 12.0 Å². The molecule has 0 fully saturated rings. The maximum absolute atomic E-state index is 12.6. The molecule has 0 aromatic heterocycles. The molecule has 0 radical (unpaired) electrons. The van der Waals surface area contributed by atoms with E-state index in [4.69, 9.17) is 42.1 Å². The van der Waals surface area contributed by atoms with Gasteiger partial charge in [-0.2, -0.15) is 5.10 Å². The highest BCUT2D eigenvalue weighted by atomic mass is 79.9. The monoisotopic (exact) mass is 718 g/mol. The molecule has 0 unspecified atom stereocenters. The zero-order chi connectivity index (χ0) is 32.5. The van der Waals surface area contributed by atoms with Crippen molar-refractivity contribution in [3.05, 3.63) is 97.1 Å². The van der Waals surface area contributed by atoms with Gasteiger partial charge in [0.1, 0.15) is 12.4 Å². The van der Waals surface area contributed by atoms with Crippen LogP contribution in [0.4, 0.5) is 4.79 Å². The van der Waals surface area contributed by atoms with Gasteiger partial charge in [-0.1, -0.05) is 57.3 Å². The summed E-state index contributed by atoms with van der Waals surface area (Å²) >= 11 is 16.0. The number of ether oxygens (including phenoxy) is 4. The Morgan fingerprint density at radius 1 is 1.07 bits per heavy atom. The molecular weight excluding hydrogens is 691 g/mol. The number of nitrogens with one attached hydrogen (secondary N) is 3. The average molecular weight is 720 g/mol. The Kier molecular flexibility index (Phi) is 11.7. The maximum Gasteiger partial charge on any atom is 0.338 e. The third-order valence-corrected chi connectivity index (χ3v) is 7.40. The van der Waals surface area contributed by atoms with E-state index in [0.717, 1.165) is 10.0 Å². The number of urea groups is 1. The third-order valence-electron chi connectivity index (χ3n) is 6.37. The number of carbonyl (C=O) groups is 3. The number of hydrogen-bond donors (Lipinski definition) is 3. The number of amides is 3. The standard InChI is InChI=1S/C31H29BrCl2N4O7/c1-4-43-30(40)27-17(2)36-31(41)37-28(27)19-7-10-24(25(12-19)42-3)44-16-26(39)38-35-14-20-11-22(33)13-23(34)29(20)45-15-18-5-8-21(32)9-6-18/h5-14,28H,4,15-16H2,1-3H3,(H,38,39)(H2,36,37,41)/b35-14+/t28-/m1/s1. The summed E-state index contributed by atoms with van der Waals surface area (Å²) < 4.78 is 23.2. The van der Waals surface area contributed by atoms with E-state index in [1.807, 2.05) is 24.3 Å². The molecule has 0 saturated heterocycles. The molecule has 236 valence electrons. The molecule has 4 rings (SSSR count). The maximum atomic E-state index is 12.6. The molecule has 11 nitrogen and oxygen atoms in total. The Balaban J connectivity index is 1.41. The lowest BCUT2D eigenvalue weighted by Crippen LogP contribution is -2.45. The van der Waals surface area contributed by atoms with Crippen molar-refractivity contribution in [2.45, 2.75) is 26.5 Å². The van der Waals surface area contributed by atoms with Crippen LogP contribution in [0.5, 0.6) is 17.2 Å². The molecule has 3 N–H and O–H groups in total. The van der Waals surface area contributed by atoms with Gasteiger partial charge in [-0.05, 0) is 61.4 Å². The van der Waals surface area contributed by atoms with Crippen LogP contribution < -0.4 is 30.3 Å². The molecule has 3 aromatic rings. The minimum Gasteiger partial charge on any atom is -0.493 e. The van der Waals surface area contributed by atoms with Crippen molar-refractivity contribution in [2.75, 3.05) is 20.3 Å². The van der Waals surface area contributed by atoms with Crippen molar-refractivity contribution < 1.29 is 33.3 Å². The molecule has 14 heteroatoms. The second-order valence-electron chi connectivity index (χ2n) is 9.50. The van der Waals surface area contributed by atoms with Gasteiger partial charge in [0.05, 0.1) is 36.6 Å². The third kappa shape index (κ3) is 8.90. The van der Waals surface area contributed by atoms with Gasteiger partial charge in [0.15, 0.2) is 18.1 Å². The van der Waals surface area contributed by atoms with E-state index in [2.05, 4.69) is 37.1 Å². The van der Waals surface area contributed by atoms with Gasteiger partial charge in [-0.15, -0.1) is 0 Å². The highest BCUT2D eigenvalue weighted by Crippen LogP contribution is 2.35. The minimum absolute atomic E-state index is 0.174. The molecular formula is C31H29BrCl2N4O7. The first-order valence-electron chi connectivity index (χ1n) is 13.5. The molecule has 3 amide bonds. The summed E-state index contributed by atoms with van der Waals surface area (Å²) in [6, 6.07) is 14.4. The van der Waals surface area contributed by atoms with Crippen LogP contribution in [0.25, 0.3) is 0 Å². The highest BCUT2D eigenvalue weighted by Gasteiger charge is 2.32. The van der Waals surface area contributed by atoms with Crippen molar-refractivity contribution in [1.82, 2.24) is 16.1 Å². The highest BCUT2D eigenvalue weighted by molar-refractivity contribution is 9.10. The van der Waals surface area contributed by atoms with Crippen molar-refractivity contribution in [2.24, 2.45) is 5.10 Å². The van der Waals surface area contributed by atoms with Crippen molar-refractivity contribution in [3.8, 4) is 17.2 Å². The topological polar surface area (TPSA) is 137 Å². The van der Waals surface area contributed by atoms with Crippen LogP contribution in [0.15, 0.2) is 75.4 Å². The largest absolute Gasteiger partial charge is 0.493 e. The molecule has 0 spiro atoms. The minimum atomic E-state index is -0.790. The summed E-state index contributed by atoms with van der Waals surface area (Å²) in [7, 11) is 1.43. The molecule has 45 heavy (non-hydrogen) atoms. The van der Waals surface area contributed by atoms with Gasteiger partial charge in [0.25, 0.3) is 5.91 Å². The zero-order valence-corrected chi connectivity index (χ0v) is 27.5. The second-order valence-corrected chi connectivity index (χ2v) is 11.3. The predicted molar refractivity (Wildman–Crippen MR) is 173 cm³/mol. The summed E-state index contributed by atoms with van der Waals surface area (Å²) in [5.74, 6) is -0.240. The van der Waals surface area contributed by atoms with E-state index in [1.54, 1.807) is 44.2 Å². The summed E-state index contributed by atoms with van der Waals surface area (Å²) in [4.78, 5) is 37.3. The number of halogens is 3. The van der Waals surface area contributed by atoms with Crippen molar-refractivity contribution in [3.63, 3.8) is 0 Å². The van der Waals surface area contributed by atoms with Gasteiger partial charge in [0.2, 0.25) is 0 Å². The van der Waals surface area contributed by atoms with Gasteiger partial charge < -0.3 is 29.6 Å². The summed E-state index contributed by atoms with van der Waals surface area (Å²) in [6.07, 6.45) is 1.37. The van der Waals surface area contributed by atoms with Crippen molar-refractivity contribution >= 4 is 63.3 Å². The Hall–Kier alpha value is -4.26. The fraction of sp³-hybridized carbons (Fsp3) is 0.226. The van der Waals surface area contributed by atoms with Gasteiger partial charge in [-0.25, -0.2) is 15.0 Å². The number of esters is 1. The van der Waals surface area contributed by atoms with E-state index >= 15 is 0 Å². The number of hydrazone groups is 1.